The van der Waals surface area contributed by atoms with Gasteiger partial charge in [0.1, 0.15) is 5.82 Å². The number of benzene rings is 2. The molecule has 1 amide bonds. The largest absolute Gasteiger partial charge is 0.455 e. The molecule has 0 saturated carbocycles. The quantitative estimate of drug-likeness (QED) is 0.583. The highest BCUT2D eigenvalue weighted by atomic mass is 32.1. The van der Waals surface area contributed by atoms with Crippen LogP contribution < -0.4 is 5.32 Å². The zero-order valence-electron chi connectivity index (χ0n) is 16.3. The van der Waals surface area contributed by atoms with E-state index in [-0.39, 0.29) is 18.8 Å². The number of thiophene rings is 1. The van der Waals surface area contributed by atoms with Crippen molar-refractivity contribution < 1.29 is 18.7 Å². The molecule has 1 N–H and O–H groups in total. The first kappa shape index (κ1) is 20.7. The average Bonchev–Trinajstić information content (AvgIpc) is 3.23. The second-order valence-corrected chi connectivity index (χ2v) is 7.80. The molecule has 29 heavy (non-hydrogen) atoms. The second-order valence-electron chi connectivity index (χ2n) is 6.82. The highest BCUT2D eigenvalue weighted by molar-refractivity contribution is 7.10. The van der Waals surface area contributed by atoms with Gasteiger partial charge in [0.15, 0.2) is 6.61 Å². The summed E-state index contributed by atoms with van der Waals surface area (Å²) in [5, 5.41) is 4.77. The summed E-state index contributed by atoms with van der Waals surface area (Å²) < 4.78 is 18.4. The highest BCUT2D eigenvalue weighted by Crippen LogP contribution is 2.26. The van der Waals surface area contributed by atoms with Crippen molar-refractivity contribution in [1.82, 2.24) is 5.32 Å². The summed E-state index contributed by atoms with van der Waals surface area (Å²) >= 11 is 1.48. The number of amides is 1. The third kappa shape index (κ3) is 5.74. The van der Waals surface area contributed by atoms with E-state index in [2.05, 4.69) is 5.32 Å². The van der Waals surface area contributed by atoms with E-state index < -0.39 is 17.9 Å². The number of hydrogen-bond acceptors (Lipinski definition) is 4. The van der Waals surface area contributed by atoms with E-state index in [9.17, 15) is 14.0 Å². The van der Waals surface area contributed by atoms with Crippen molar-refractivity contribution in [2.75, 3.05) is 6.61 Å². The fraction of sp³-hybridized carbons (Fsp3) is 0.217. The predicted octanol–water partition coefficient (Wildman–Crippen LogP) is 4.50. The number of aryl methyl sites for hydroxylation is 2. The fourth-order valence-electron chi connectivity index (χ4n) is 2.91. The maximum atomic E-state index is 13.2. The lowest BCUT2D eigenvalue weighted by Gasteiger charge is -2.18. The van der Waals surface area contributed by atoms with Crippen LogP contribution in [0.15, 0.2) is 60.0 Å². The third-order valence-corrected chi connectivity index (χ3v) is 5.56. The minimum absolute atomic E-state index is 0.112. The van der Waals surface area contributed by atoms with Crippen molar-refractivity contribution in [3.63, 3.8) is 0 Å². The van der Waals surface area contributed by atoms with E-state index in [0.717, 1.165) is 27.1 Å². The Balaban J connectivity index is 1.59. The normalized spacial score (nSPS) is 11.7. The van der Waals surface area contributed by atoms with Crippen LogP contribution in [0, 0.1) is 19.7 Å². The van der Waals surface area contributed by atoms with E-state index in [0.29, 0.717) is 0 Å². The Morgan fingerprint density at radius 2 is 1.83 bits per heavy atom. The predicted molar refractivity (Wildman–Crippen MR) is 111 cm³/mol. The monoisotopic (exact) mass is 411 g/mol. The van der Waals surface area contributed by atoms with Gasteiger partial charge in [-0.25, -0.2) is 4.39 Å². The molecule has 150 valence electrons. The van der Waals surface area contributed by atoms with Crippen molar-refractivity contribution in [2.24, 2.45) is 0 Å². The summed E-state index contributed by atoms with van der Waals surface area (Å²) in [6, 6.07) is 15.1. The molecule has 4 nitrogen and oxygen atoms in total. The summed E-state index contributed by atoms with van der Waals surface area (Å²) in [6.07, 6.45) is 0.112. The fourth-order valence-corrected chi connectivity index (χ4v) is 3.71. The lowest BCUT2D eigenvalue weighted by molar-refractivity contribution is -0.148. The van der Waals surface area contributed by atoms with Crippen molar-refractivity contribution >= 4 is 23.2 Å². The molecule has 0 spiro atoms. The standard InChI is InChI=1S/C23H22FNO3S/c1-15-5-6-17(12-16(15)2)13-22(27)28-14-21(26)25-23(20-4-3-11-29-20)18-7-9-19(24)10-8-18/h3-12,23H,13-14H2,1-2H3,(H,25,26)/t23-/m0/s1. The van der Waals surface area contributed by atoms with E-state index in [1.54, 1.807) is 12.1 Å². The van der Waals surface area contributed by atoms with Gasteiger partial charge in [-0.05, 0) is 59.7 Å². The molecule has 1 aromatic heterocycles. The smallest absolute Gasteiger partial charge is 0.310 e. The van der Waals surface area contributed by atoms with Crippen LogP contribution in [0.3, 0.4) is 0 Å². The minimum atomic E-state index is -0.460. The molecule has 1 heterocycles. The van der Waals surface area contributed by atoms with Crippen molar-refractivity contribution in [3.05, 3.63) is 92.9 Å². The van der Waals surface area contributed by atoms with Gasteiger partial charge in [0.05, 0.1) is 12.5 Å². The summed E-state index contributed by atoms with van der Waals surface area (Å²) in [7, 11) is 0. The number of rotatable bonds is 7. The Bertz CT molecular complexity index is 984. The summed E-state index contributed by atoms with van der Waals surface area (Å²) in [5.74, 6) is -1.22. The second kappa shape index (κ2) is 9.47. The van der Waals surface area contributed by atoms with E-state index >= 15 is 0 Å². The van der Waals surface area contributed by atoms with Gasteiger partial charge in [-0.3, -0.25) is 9.59 Å². The van der Waals surface area contributed by atoms with Gasteiger partial charge >= 0.3 is 5.97 Å². The number of carbonyl (C=O) groups is 2. The number of esters is 1. The summed E-state index contributed by atoms with van der Waals surface area (Å²) in [6.45, 7) is 3.62. The maximum absolute atomic E-state index is 13.2. The molecule has 3 aromatic rings. The lowest BCUT2D eigenvalue weighted by atomic mass is 10.0. The van der Waals surface area contributed by atoms with Gasteiger partial charge in [0, 0.05) is 4.88 Å². The molecule has 2 aromatic carbocycles. The van der Waals surface area contributed by atoms with Crippen LogP contribution in [0.4, 0.5) is 4.39 Å². The lowest BCUT2D eigenvalue weighted by Crippen LogP contribution is -2.33. The van der Waals surface area contributed by atoms with Crippen LogP contribution in [0.25, 0.3) is 0 Å². The van der Waals surface area contributed by atoms with Crippen molar-refractivity contribution in [1.29, 1.82) is 0 Å². The minimum Gasteiger partial charge on any atom is -0.455 e. The molecular weight excluding hydrogens is 389 g/mol. The molecule has 0 unspecified atom stereocenters. The van der Waals surface area contributed by atoms with Crippen LogP contribution in [0.1, 0.15) is 33.2 Å². The van der Waals surface area contributed by atoms with Gasteiger partial charge in [0.2, 0.25) is 0 Å². The Kier molecular flexibility index (Phi) is 6.77. The first-order valence-electron chi connectivity index (χ1n) is 9.22. The molecule has 3 rings (SSSR count). The van der Waals surface area contributed by atoms with Gasteiger partial charge in [-0.2, -0.15) is 0 Å². The first-order chi connectivity index (χ1) is 13.9. The van der Waals surface area contributed by atoms with E-state index in [4.69, 9.17) is 4.74 Å². The van der Waals surface area contributed by atoms with Crippen molar-refractivity contribution in [3.8, 4) is 0 Å². The number of carbonyl (C=O) groups excluding carboxylic acids is 2. The number of ether oxygens (including phenoxy) is 1. The van der Waals surface area contributed by atoms with Gasteiger partial charge in [-0.1, -0.05) is 36.4 Å². The highest BCUT2D eigenvalue weighted by Gasteiger charge is 2.19. The van der Waals surface area contributed by atoms with Crippen LogP contribution >= 0.6 is 11.3 Å². The molecule has 6 heteroatoms. The number of nitrogens with one attached hydrogen (secondary N) is 1. The SMILES string of the molecule is Cc1ccc(CC(=O)OCC(=O)N[C@@H](c2ccc(F)cc2)c2cccs2)cc1C. The molecule has 0 aliphatic carbocycles. The molecule has 0 saturated heterocycles. The molecule has 0 bridgehead atoms. The first-order valence-corrected chi connectivity index (χ1v) is 10.1. The molecule has 0 radical (unpaired) electrons. The number of halogens is 1. The summed E-state index contributed by atoms with van der Waals surface area (Å²) in [4.78, 5) is 25.4. The van der Waals surface area contributed by atoms with Crippen LogP contribution in [0.5, 0.6) is 0 Å². The van der Waals surface area contributed by atoms with Crippen molar-refractivity contribution in [2.45, 2.75) is 26.3 Å². The zero-order valence-corrected chi connectivity index (χ0v) is 17.1. The molecular formula is C23H22FNO3S. The van der Waals surface area contributed by atoms with Gasteiger partial charge in [0.25, 0.3) is 5.91 Å². The topological polar surface area (TPSA) is 55.4 Å². The Morgan fingerprint density at radius 3 is 2.48 bits per heavy atom. The van der Waals surface area contributed by atoms with Gasteiger partial charge in [-0.15, -0.1) is 11.3 Å². The third-order valence-electron chi connectivity index (χ3n) is 4.62. The summed E-state index contributed by atoms with van der Waals surface area (Å²) in [5.41, 5.74) is 3.86. The molecule has 0 aliphatic heterocycles. The Labute approximate surface area is 173 Å². The molecule has 0 fully saturated rings. The molecule has 0 aliphatic rings. The Morgan fingerprint density at radius 1 is 1.07 bits per heavy atom. The molecule has 1 atom stereocenters. The number of hydrogen-bond donors (Lipinski definition) is 1. The van der Waals surface area contributed by atoms with Crippen LogP contribution in [0.2, 0.25) is 0 Å². The van der Waals surface area contributed by atoms with Crippen LogP contribution in [-0.4, -0.2) is 18.5 Å². The average molecular weight is 411 g/mol. The van der Waals surface area contributed by atoms with Crippen LogP contribution in [-0.2, 0) is 20.7 Å². The van der Waals surface area contributed by atoms with E-state index in [1.165, 1.54) is 23.5 Å². The zero-order chi connectivity index (χ0) is 20.8. The van der Waals surface area contributed by atoms with E-state index in [1.807, 2.05) is 49.6 Å². The van der Waals surface area contributed by atoms with Gasteiger partial charge < -0.3 is 10.1 Å². The Hall–Kier alpha value is -2.99. The maximum Gasteiger partial charge on any atom is 0.310 e.